The van der Waals surface area contributed by atoms with Crippen LogP contribution in [-0.2, 0) is 20.0 Å². The second-order valence-electron chi connectivity index (χ2n) is 7.19. The van der Waals surface area contributed by atoms with Crippen molar-refractivity contribution < 1.29 is 0 Å². The lowest BCUT2D eigenvalue weighted by Gasteiger charge is -2.07. The van der Waals surface area contributed by atoms with E-state index in [2.05, 4.69) is 36.2 Å². The predicted molar refractivity (Wildman–Crippen MR) is 126 cm³/mol. The van der Waals surface area contributed by atoms with Crippen LogP contribution in [0.3, 0.4) is 0 Å². The van der Waals surface area contributed by atoms with Gasteiger partial charge in [0, 0.05) is 24.2 Å². The van der Waals surface area contributed by atoms with Crippen molar-refractivity contribution in [1.82, 2.24) is 34.5 Å². The molecule has 11 heteroatoms. The number of aromatic amines is 1. The molecule has 6 aromatic rings. The van der Waals surface area contributed by atoms with Crippen molar-refractivity contribution in [2.24, 2.45) is 7.05 Å². The molecule has 5 heterocycles. The van der Waals surface area contributed by atoms with E-state index >= 15 is 0 Å². The fourth-order valence-corrected chi connectivity index (χ4v) is 6.00. The Bertz CT molecular complexity index is 1650. The summed E-state index contributed by atoms with van der Waals surface area (Å²) in [7, 11) is 1.88. The lowest BCUT2D eigenvalue weighted by molar-refractivity contribution is 0.647. The molecular weight excluding hydrogens is 498 g/mol. The van der Waals surface area contributed by atoms with Gasteiger partial charge in [-0.3, -0.25) is 9.89 Å². The number of rotatable bonds is 4. The van der Waals surface area contributed by atoms with Crippen LogP contribution in [0.15, 0.2) is 44.7 Å². The Kier molecular flexibility index (Phi) is 4.30. The molecule has 0 amide bonds. The molecular formula is C20H14BrN7OS2. The van der Waals surface area contributed by atoms with Crippen molar-refractivity contribution in [1.29, 1.82) is 0 Å². The van der Waals surface area contributed by atoms with Gasteiger partial charge < -0.3 is 4.57 Å². The quantitative estimate of drug-likeness (QED) is 0.384. The summed E-state index contributed by atoms with van der Waals surface area (Å²) in [5.41, 5.74) is 6.01. The van der Waals surface area contributed by atoms with Gasteiger partial charge in [0.25, 0.3) is 5.56 Å². The van der Waals surface area contributed by atoms with E-state index in [0.717, 1.165) is 46.7 Å². The van der Waals surface area contributed by atoms with E-state index in [9.17, 15) is 4.79 Å². The average Bonchev–Trinajstić information content (AvgIpc) is 3.52. The molecule has 0 unspecified atom stereocenters. The lowest BCUT2D eigenvalue weighted by atomic mass is 10.1. The summed E-state index contributed by atoms with van der Waals surface area (Å²) in [5.74, 6) is 0. The largest absolute Gasteiger partial charge is 0.323 e. The minimum absolute atomic E-state index is 0.130. The average molecular weight is 512 g/mol. The van der Waals surface area contributed by atoms with Gasteiger partial charge in [0.05, 0.1) is 44.1 Å². The molecule has 0 radical (unpaired) electrons. The molecule has 5 aromatic heterocycles. The number of aromatic nitrogens is 7. The number of nitrogens with one attached hydrogen (secondary N) is 1. The maximum Gasteiger partial charge on any atom is 0.291 e. The molecule has 0 saturated carbocycles. The van der Waals surface area contributed by atoms with Gasteiger partial charge in [-0.1, -0.05) is 12.1 Å². The van der Waals surface area contributed by atoms with E-state index in [4.69, 9.17) is 4.98 Å². The van der Waals surface area contributed by atoms with Gasteiger partial charge in [-0.05, 0) is 27.6 Å². The third-order valence-electron chi connectivity index (χ3n) is 5.38. The van der Waals surface area contributed by atoms with Gasteiger partial charge in [-0.15, -0.1) is 22.7 Å². The third-order valence-corrected chi connectivity index (χ3v) is 8.12. The number of hydrogen-bond acceptors (Lipinski definition) is 7. The Morgan fingerprint density at radius 2 is 2.13 bits per heavy atom. The molecule has 1 aromatic carbocycles. The lowest BCUT2D eigenvalue weighted by Crippen LogP contribution is -2.24. The third kappa shape index (κ3) is 2.95. The molecule has 154 valence electrons. The van der Waals surface area contributed by atoms with Crippen molar-refractivity contribution in [2.45, 2.75) is 13.0 Å². The SMILES string of the molecule is Cn1c2nc(Cc3ncsc3Br)sc2c2cnn(Cc3cccc4[nH]ncc34)c(=O)c21. The molecule has 0 aliphatic heterocycles. The first-order chi connectivity index (χ1) is 15.1. The molecule has 0 saturated heterocycles. The minimum Gasteiger partial charge on any atom is -0.323 e. The van der Waals surface area contributed by atoms with Crippen LogP contribution in [0.25, 0.3) is 32.2 Å². The van der Waals surface area contributed by atoms with Crippen LogP contribution in [0.4, 0.5) is 0 Å². The zero-order chi connectivity index (χ0) is 21.1. The minimum atomic E-state index is -0.130. The van der Waals surface area contributed by atoms with Crippen molar-refractivity contribution in [2.75, 3.05) is 0 Å². The van der Waals surface area contributed by atoms with Gasteiger partial charge in [0.1, 0.15) is 10.5 Å². The van der Waals surface area contributed by atoms with Gasteiger partial charge in [0.2, 0.25) is 0 Å². The molecule has 8 nitrogen and oxygen atoms in total. The summed E-state index contributed by atoms with van der Waals surface area (Å²) < 4.78 is 5.38. The van der Waals surface area contributed by atoms with Gasteiger partial charge in [0.15, 0.2) is 5.65 Å². The Hall–Kier alpha value is -2.89. The summed E-state index contributed by atoms with van der Waals surface area (Å²) in [6.07, 6.45) is 4.21. The van der Waals surface area contributed by atoms with E-state index in [-0.39, 0.29) is 5.56 Å². The van der Waals surface area contributed by atoms with Gasteiger partial charge >= 0.3 is 0 Å². The molecule has 6 rings (SSSR count). The fraction of sp³-hybridized carbons (Fsp3) is 0.150. The maximum absolute atomic E-state index is 13.3. The van der Waals surface area contributed by atoms with E-state index in [1.807, 2.05) is 35.3 Å². The standard InChI is InChI=1S/C20H14BrN7OS2/c1-27-16-12(17-19(27)25-15(31-17)5-14-18(21)30-9-22-14)7-24-28(20(16)29)8-10-3-2-4-13-11(10)6-23-26-13/h2-4,6-7,9H,5,8H2,1H3,(H,23,26). The predicted octanol–water partition coefficient (Wildman–Crippen LogP) is 4.08. The number of halogens is 1. The highest BCUT2D eigenvalue weighted by atomic mass is 79.9. The first kappa shape index (κ1) is 18.8. The molecule has 0 aliphatic carbocycles. The molecule has 0 fully saturated rings. The van der Waals surface area contributed by atoms with E-state index in [0.29, 0.717) is 18.5 Å². The van der Waals surface area contributed by atoms with Crippen LogP contribution < -0.4 is 5.56 Å². The molecule has 0 atom stereocenters. The van der Waals surface area contributed by atoms with Crippen molar-refractivity contribution in [3.63, 3.8) is 0 Å². The first-order valence-electron chi connectivity index (χ1n) is 9.43. The van der Waals surface area contributed by atoms with E-state index < -0.39 is 0 Å². The molecule has 1 N–H and O–H groups in total. The van der Waals surface area contributed by atoms with Crippen LogP contribution in [0.5, 0.6) is 0 Å². The number of hydrogen-bond donors (Lipinski definition) is 1. The number of nitrogens with zero attached hydrogens (tertiary/aromatic N) is 6. The Morgan fingerprint density at radius 1 is 1.23 bits per heavy atom. The highest BCUT2D eigenvalue weighted by molar-refractivity contribution is 9.11. The summed E-state index contributed by atoms with van der Waals surface area (Å²) >= 11 is 6.69. The first-order valence-corrected chi connectivity index (χ1v) is 11.9. The van der Waals surface area contributed by atoms with Crippen molar-refractivity contribution in [3.8, 4) is 0 Å². The van der Waals surface area contributed by atoms with Crippen LogP contribution in [-0.4, -0.2) is 34.5 Å². The second kappa shape index (κ2) is 7.08. The number of thiazole rings is 2. The Morgan fingerprint density at radius 3 is 2.97 bits per heavy atom. The summed E-state index contributed by atoms with van der Waals surface area (Å²) in [6.45, 7) is 0.376. The normalized spacial score (nSPS) is 11.9. The summed E-state index contributed by atoms with van der Waals surface area (Å²) in [4.78, 5) is 22.5. The van der Waals surface area contributed by atoms with Gasteiger partial charge in [-0.2, -0.15) is 10.2 Å². The Labute approximate surface area is 191 Å². The highest BCUT2D eigenvalue weighted by Gasteiger charge is 2.19. The second-order valence-corrected chi connectivity index (χ2v) is 10.4. The molecule has 0 spiro atoms. The molecule has 0 aliphatic rings. The zero-order valence-electron chi connectivity index (χ0n) is 16.2. The smallest absolute Gasteiger partial charge is 0.291 e. The maximum atomic E-state index is 13.3. The highest BCUT2D eigenvalue weighted by Crippen LogP contribution is 2.33. The number of benzene rings is 1. The monoisotopic (exact) mass is 511 g/mol. The van der Waals surface area contributed by atoms with Crippen molar-refractivity contribution >= 4 is 70.8 Å². The zero-order valence-corrected chi connectivity index (χ0v) is 19.4. The summed E-state index contributed by atoms with van der Waals surface area (Å²) in [5, 5.41) is 14.3. The Balaban J connectivity index is 1.44. The van der Waals surface area contributed by atoms with Crippen LogP contribution in [0.1, 0.15) is 16.3 Å². The molecule has 31 heavy (non-hydrogen) atoms. The van der Waals surface area contributed by atoms with E-state index in [1.54, 1.807) is 35.1 Å². The molecule has 0 bridgehead atoms. The van der Waals surface area contributed by atoms with Crippen LogP contribution >= 0.6 is 38.6 Å². The van der Waals surface area contributed by atoms with Crippen molar-refractivity contribution in [3.05, 3.63) is 66.5 Å². The van der Waals surface area contributed by atoms with E-state index in [1.165, 1.54) is 4.68 Å². The number of fused-ring (bicyclic) bond motifs is 4. The number of aryl methyl sites for hydroxylation is 1. The van der Waals surface area contributed by atoms with Crippen LogP contribution in [0, 0.1) is 0 Å². The number of H-pyrrole nitrogens is 1. The van der Waals surface area contributed by atoms with Gasteiger partial charge in [-0.25, -0.2) is 14.6 Å². The van der Waals surface area contributed by atoms with Crippen LogP contribution in [0.2, 0.25) is 0 Å². The topological polar surface area (TPSA) is 94.3 Å². The fourth-order valence-electron chi connectivity index (χ4n) is 3.86. The summed E-state index contributed by atoms with van der Waals surface area (Å²) in [6, 6.07) is 5.90.